The van der Waals surface area contributed by atoms with E-state index in [0.29, 0.717) is 6.07 Å². The molecule has 1 aromatic heterocycles. The molecule has 1 heterocycles. The Kier molecular flexibility index (Phi) is 4.26. The first kappa shape index (κ1) is 15.4. The maximum Gasteiger partial charge on any atom is 0.408 e. The molecule has 1 N–H and O–H groups in total. The highest BCUT2D eigenvalue weighted by atomic mass is 19.4. The molecule has 0 aliphatic rings. The Morgan fingerprint density at radius 3 is 2.29 bits per heavy atom. The summed E-state index contributed by atoms with van der Waals surface area (Å²) in [6.07, 6.45) is -2.22. The third-order valence-corrected chi connectivity index (χ3v) is 2.82. The minimum atomic E-state index is -4.55. The summed E-state index contributed by atoms with van der Waals surface area (Å²) in [7, 11) is 1.50. The maximum absolute atomic E-state index is 13.0. The highest BCUT2D eigenvalue weighted by Gasteiger charge is 2.41. The monoisotopic (exact) mass is 305 g/mol. The van der Waals surface area contributed by atoms with Crippen LogP contribution in [0.4, 0.5) is 22.0 Å². The number of nitrogens with one attached hydrogen (secondary N) is 1. The standard InChI is InChI=1S/C13H12F5N3/c1-21-7-9(6-20-21)12(13(16,17)18)19-5-8-2-10(14)4-11(15)3-8/h2-4,6-7,12,19H,5H2,1H3/t12-/m0/s1. The van der Waals surface area contributed by atoms with Crippen LogP contribution in [0, 0.1) is 11.6 Å². The number of hydrogen-bond acceptors (Lipinski definition) is 2. The SMILES string of the molecule is Cn1cc([C@H](NCc2cc(F)cc(F)c2)C(F)(F)F)cn1. The van der Waals surface area contributed by atoms with Gasteiger partial charge in [-0.25, -0.2) is 8.78 Å². The average molecular weight is 305 g/mol. The molecule has 0 aliphatic heterocycles. The molecule has 0 saturated heterocycles. The van der Waals surface area contributed by atoms with E-state index >= 15 is 0 Å². The third-order valence-electron chi connectivity index (χ3n) is 2.82. The van der Waals surface area contributed by atoms with Crippen LogP contribution in [0.1, 0.15) is 17.2 Å². The summed E-state index contributed by atoms with van der Waals surface area (Å²) in [5.41, 5.74) is 0.0208. The molecule has 0 radical (unpaired) electrons. The Morgan fingerprint density at radius 1 is 1.19 bits per heavy atom. The van der Waals surface area contributed by atoms with Crippen molar-refractivity contribution in [1.82, 2.24) is 15.1 Å². The quantitative estimate of drug-likeness (QED) is 0.880. The van der Waals surface area contributed by atoms with E-state index in [0.717, 1.165) is 18.3 Å². The van der Waals surface area contributed by atoms with Gasteiger partial charge in [0.2, 0.25) is 0 Å². The van der Waals surface area contributed by atoms with E-state index < -0.39 is 23.9 Å². The van der Waals surface area contributed by atoms with Gasteiger partial charge < -0.3 is 0 Å². The van der Waals surface area contributed by atoms with Crippen LogP contribution in [0.5, 0.6) is 0 Å². The van der Waals surface area contributed by atoms with Gasteiger partial charge in [-0.15, -0.1) is 0 Å². The lowest BCUT2D eigenvalue weighted by atomic mass is 10.1. The normalized spacial score (nSPS) is 13.4. The topological polar surface area (TPSA) is 29.9 Å². The second kappa shape index (κ2) is 5.80. The van der Waals surface area contributed by atoms with Gasteiger partial charge in [-0.2, -0.15) is 18.3 Å². The fourth-order valence-electron chi connectivity index (χ4n) is 1.94. The van der Waals surface area contributed by atoms with Gasteiger partial charge in [0.25, 0.3) is 0 Å². The van der Waals surface area contributed by atoms with E-state index in [1.165, 1.54) is 17.9 Å². The Hall–Kier alpha value is -1.96. The molecule has 0 spiro atoms. The van der Waals surface area contributed by atoms with Crippen LogP contribution in [0.25, 0.3) is 0 Å². The minimum Gasteiger partial charge on any atom is -0.298 e. The summed E-state index contributed by atoms with van der Waals surface area (Å²) < 4.78 is 66.4. The molecule has 0 bridgehead atoms. The molecule has 1 atom stereocenters. The van der Waals surface area contributed by atoms with Crippen LogP contribution in [-0.2, 0) is 13.6 Å². The first-order valence-corrected chi connectivity index (χ1v) is 5.99. The molecule has 0 fully saturated rings. The smallest absolute Gasteiger partial charge is 0.298 e. The zero-order chi connectivity index (χ0) is 15.6. The Balaban J connectivity index is 2.16. The molecule has 2 aromatic rings. The summed E-state index contributed by atoms with van der Waals surface area (Å²) in [6.45, 7) is -0.326. The van der Waals surface area contributed by atoms with Gasteiger partial charge >= 0.3 is 6.18 Å². The van der Waals surface area contributed by atoms with Gasteiger partial charge in [-0.1, -0.05) is 0 Å². The van der Waals surface area contributed by atoms with Crippen molar-refractivity contribution in [2.45, 2.75) is 18.8 Å². The zero-order valence-electron chi connectivity index (χ0n) is 11.0. The van der Waals surface area contributed by atoms with E-state index in [9.17, 15) is 22.0 Å². The molecule has 114 valence electrons. The number of rotatable bonds is 4. The first-order chi connectivity index (χ1) is 9.75. The summed E-state index contributed by atoms with van der Waals surface area (Å²) in [5.74, 6) is -1.67. The van der Waals surface area contributed by atoms with Gasteiger partial charge in [0, 0.05) is 31.4 Å². The second-order valence-corrected chi connectivity index (χ2v) is 4.58. The van der Waals surface area contributed by atoms with Crippen molar-refractivity contribution in [3.63, 3.8) is 0 Å². The summed E-state index contributed by atoms with van der Waals surface area (Å²) in [6, 6.07) is 0.656. The predicted octanol–water partition coefficient (Wildman–Crippen LogP) is 3.09. The Bertz CT molecular complexity index is 600. The van der Waals surface area contributed by atoms with Crippen LogP contribution in [0.15, 0.2) is 30.6 Å². The molecule has 0 aliphatic carbocycles. The van der Waals surface area contributed by atoms with Crippen molar-refractivity contribution in [2.24, 2.45) is 7.05 Å². The number of benzene rings is 1. The van der Waals surface area contributed by atoms with Crippen LogP contribution in [0.3, 0.4) is 0 Å². The number of aryl methyl sites for hydroxylation is 1. The Morgan fingerprint density at radius 2 is 1.81 bits per heavy atom. The summed E-state index contributed by atoms with van der Waals surface area (Å²) >= 11 is 0. The highest BCUT2D eigenvalue weighted by Crippen LogP contribution is 2.32. The number of nitrogens with zero attached hydrogens (tertiary/aromatic N) is 2. The van der Waals surface area contributed by atoms with E-state index in [-0.39, 0.29) is 17.7 Å². The first-order valence-electron chi connectivity index (χ1n) is 5.99. The number of alkyl halides is 3. The molecule has 1 aromatic carbocycles. The molecule has 8 heteroatoms. The number of halogens is 5. The van der Waals surface area contributed by atoms with E-state index in [1.807, 2.05) is 0 Å². The van der Waals surface area contributed by atoms with Crippen molar-refractivity contribution in [3.8, 4) is 0 Å². The highest BCUT2D eigenvalue weighted by molar-refractivity contribution is 5.19. The van der Waals surface area contributed by atoms with Gasteiger partial charge in [0.1, 0.15) is 17.7 Å². The lowest BCUT2D eigenvalue weighted by Crippen LogP contribution is -2.33. The van der Waals surface area contributed by atoms with Crippen molar-refractivity contribution in [2.75, 3.05) is 0 Å². The zero-order valence-corrected chi connectivity index (χ0v) is 11.0. The van der Waals surface area contributed by atoms with Gasteiger partial charge in [0.15, 0.2) is 0 Å². The van der Waals surface area contributed by atoms with E-state index in [4.69, 9.17) is 0 Å². The van der Waals surface area contributed by atoms with Crippen LogP contribution >= 0.6 is 0 Å². The van der Waals surface area contributed by atoms with Crippen molar-refractivity contribution in [3.05, 3.63) is 53.4 Å². The van der Waals surface area contributed by atoms with Crippen LogP contribution in [0.2, 0.25) is 0 Å². The average Bonchev–Trinajstić information content (AvgIpc) is 2.72. The summed E-state index contributed by atoms with van der Waals surface area (Å²) in [5, 5.41) is 5.94. The van der Waals surface area contributed by atoms with Crippen molar-refractivity contribution < 1.29 is 22.0 Å². The Labute approximate surface area is 117 Å². The van der Waals surface area contributed by atoms with Gasteiger partial charge in [-0.3, -0.25) is 10.00 Å². The van der Waals surface area contributed by atoms with Crippen molar-refractivity contribution >= 4 is 0 Å². The molecular weight excluding hydrogens is 293 g/mol. The molecule has 2 rings (SSSR count). The lowest BCUT2D eigenvalue weighted by Gasteiger charge is -2.20. The van der Waals surface area contributed by atoms with E-state index in [1.54, 1.807) is 0 Å². The van der Waals surface area contributed by atoms with E-state index in [2.05, 4.69) is 10.4 Å². The lowest BCUT2D eigenvalue weighted by molar-refractivity contribution is -0.158. The molecule has 0 amide bonds. The molecule has 0 unspecified atom stereocenters. The molecular formula is C13H12F5N3. The number of hydrogen-bond donors (Lipinski definition) is 1. The molecule has 21 heavy (non-hydrogen) atoms. The van der Waals surface area contributed by atoms with Crippen LogP contribution in [-0.4, -0.2) is 16.0 Å². The fraction of sp³-hybridized carbons (Fsp3) is 0.308. The molecule has 3 nitrogen and oxygen atoms in total. The fourth-order valence-corrected chi connectivity index (χ4v) is 1.94. The van der Waals surface area contributed by atoms with Crippen molar-refractivity contribution in [1.29, 1.82) is 0 Å². The van der Waals surface area contributed by atoms with Gasteiger partial charge in [-0.05, 0) is 17.7 Å². The maximum atomic E-state index is 13.0. The number of aromatic nitrogens is 2. The van der Waals surface area contributed by atoms with Gasteiger partial charge in [0.05, 0.1) is 6.20 Å². The summed E-state index contributed by atoms with van der Waals surface area (Å²) in [4.78, 5) is 0. The molecule has 0 saturated carbocycles. The predicted molar refractivity (Wildman–Crippen MR) is 65.2 cm³/mol. The second-order valence-electron chi connectivity index (χ2n) is 4.58. The third kappa shape index (κ3) is 4.01. The largest absolute Gasteiger partial charge is 0.408 e. The minimum absolute atomic E-state index is 0.0677. The van der Waals surface area contributed by atoms with Crippen LogP contribution < -0.4 is 5.32 Å².